The van der Waals surface area contributed by atoms with Crippen LogP contribution in [0.1, 0.15) is 30.3 Å². The van der Waals surface area contributed by atoms with E-state index in [-0.39, 0.29) is 17.3 Å². The minimum Gasteiger partial charge on any atom is -0.306 e. The predicted octanol–water partition coefficient (Wildman–Crippen LogP) is 2.37. The third kappa shape index (κ3) is 3.11. The van der Waals surface area contributed by atoms with Gasteiger partial charge in [0.15, 0.2) is 5.82 Å². The van der Waals surface area contributed by atoms with Crippen LogP contribution in [0.5, 0.6) is 0 Å². The average molecular weight is 444 g/mol. The van der Waals surface area contributed by atoms with E-state index in [2.05, 4.69) is 20.1 Å². The first-order valence-corrected chi connectivity index (χ1v) is 11.3. The Kier molecular flexibility index (Phi) is 4.48. The highest BCUT2D eigenvalue weighted by molar-refractivity contribution is 5.81. The molecule has 168 valence electrons. The molecule has 0 radical (unpaired) electrons. The van der Waals surface area contributed by atoms with Gasteiger partial charge >= 0.3 is 5.69 Å². The van der Waals surface area contributed by atoms with Crippen LogP contribution < -0.4 is 11.2 Å². The highest BCUT2D eigenvalue weighted by Gasteiger charge is 2.25. The number of para-hydroxylation sites is 2. The van der Waals surface area contributed by atoms with Crippen molar-refractivity contribution in [2.24, 2.45) is 7.05 Å². The molecular formula is C24H25N7O2. The quantitative estimate of drug-likeness (QED) is 0.462. The summed E-state index contributed by atoms with van der Waals surface area (Å²) >= 11 is 0. The van der Waals surface area contributed by atoms with Gasteiger partial charge in [0.25, 0.3) is 5.56 Å². The highest BCUT2D eigenvalue weighted by atomic mass is 16.1. The SMILES string of the molecule is Cc1ccc2c(c1)c(=O)n(C)c1nnc(CN3CCC(n4c(=O)[nH]c5ccccc54)CC3)n21. The van der Waals surface area contributed by atoms with Crippen LogP contribution in [0.4, 0.5) is 0 Å². The number of fused-ring (bicyclic) bond motifs is 4. The minimum atomic E-state index is -0.0647. The largest absolute Gasteiger partial charge is 0.326 e. The number of aromatic nitrogens is 6. The summed E-state index contributed by atoms with van der Waals surface area (Å²) in [5.74, 6) is 1.36. The Hall–Kier alpha value is -3.72. The molecule has 5 aromatic rings. The summed E-state index contributed by atoms with van der Waals surface area (Å²) in [5, 5.41) is 9.43. The van der Waals surface area contributed by atoms with Crippen molar-refractivity contribution in [3.05, 3.63) is 74.7 Å². The van der Waals surface area contributed by atoms with Crippen LogP contribution in [0.25, 0.3) is 27.7 Å². The molecule has 9 heteroatoms. The first-order valence-electron chi connectivity index (χ1n) is 11.3. The summed E-state index contributed by atoms with van der Waals surface area (Å²) in [5.41, 5.74) is 3.62. The fourth-order valence-corrected chi connectivity index (χ4v) is 5.13. The summed E-state index contributed by atoms with van der Waals surface area (Å²) in [6, 6.07) is 13.9. The number of imidazole rings is 1. The second-order valence-electron chi connectivity index (χ2n) is 8.96. The zero-order chi connectivity index (χ0) is 22.7. The number of likely N-dealkylation sites (tertiary alicyclic amines) is 1. The maximum absolute atomic E-state index is 12.8. The monoisotopic (exact) mass is 443 g/mol. The van der Waals surface area contributed by atoms with Gasteiger partial charge in [0.05, 0.1) is 28.5 Å². The van der Waals surface area contributed by atoms with E-state index in [4.69, 9.17) is 0 Å². The molecule has 1 N–H and O–H groups in total. The smallest absolute Gasteiger partial charge is 0.306 e. The van der Waals surface area contributed by atoms with E-state index >= 15 is 0 Å². The molecule has 1 saturated heterocycles. The fraction of sp³-hybridized carbons (Fsp3) is 0.333. The lowest BCUT2D eigenvalue weighted by Gasteiger charge is -2.32. The number of nitrogens with zero attached hydrogens (tertiary/aromatic N) is 6. The molecule has 4 heterocycles. The van der Waals surface area contributed by atoms with Crippen molar-refractivity contribution in [2.45, 2.75) is 32.4 Å². The van der Waals surface area contributed by atoms with Gasteiger partial charge in [-0.1, -0.05) is 23.8 Å². The average Bonchev–Trinajstić information content (AvgIpc) is 3.38. The molecule has 1 aliphatic heterocycles. The zero-order valence-electron chi connectivity index (χ0n) is 18.7. The third-order valence-electron chi connectivity index (χ3n) is 6.85. The molecule has 0 aliphatic carbocycles. The van der Waals surface area contributed by atoms with Crippen molar-refractivity contribution in [1.29, 1.82) is 0 Å². The van der Waals surface area contributed by atoms with Gasteiger partial charge in [-0.2, -0.15) is 0 Å². The molecule has 0 unspecified atom stereocenters. The van der Waals surface area contributed by atoms with Crippen molar-refractivity contribution in [3.63, 3.8) is 0 Å². The molecule has 0 spiro atoms. The summed E-state index contributed by atoms with van der Waals surface area (Å²) in [6.45, 7) is 4.33. The van der Waals surface area contributed by atoms with E-state index in [1.165, 1.54) is 0 Å². The zero-order valence-corrected chi connectivity index (χ0v) is 18.7. The van der Waals surface area contributed by atoms with E-state index < -0.39 is 0 Å². The maximum atomic E-state index is 12.8. The fourth-order valence-electron chi connectivity index (χ4n) is 5.13. The first-order chi connectivity index (χ1) is 16.0. The summed E-state index contributed by atoms with van der Waals surface area (Å²) in [4.78, 5) is 30.7. The van der Waals surface area contributed by atoms with Gasteiger partial charge in [0, 0.05) is 26.2 Å². The van der Waals surface area contributed by atoms with Crippen molar-refractivity contribution in [2.75, 3.05) is 13.1 Å². The summed E-state index contributed by atoms with van der Waals surface area (Å²) < 4.78 is 5.46. The van der Waals surface area contributed by atoms with Crippen LogP contribution in [-0.4, -0.2) is 46.7 Å². The standard InChI is InChI=1S/C24H25N7O2/c1-15-7-8-19-17(13-15)22(32)28(2)23-27-26-21(31(19)23)14-29-11-9-16(10-12-29)30-20-6-4-3-5-18(20)25-24(30)33/h3-8,13,16H,9-12,14H2,1-2H3,(H,25,33). The third-order valence-corrected chi connectivity index (χ3v) is 6.85. The first kappa shape index (κ1) is 19.9. The number of H-pyrrole nitrogens is 1. The number of aryl methyl sites for hydroxylation is 2. The Balaban J connectivity index is 1.29. The lowest BCUT2D eigenvalue weighted by atomic mass is 10.0. The summed E-state index contributed by atoms with van der Waals surface area (Å²) in [7, 11) is 1.74. The van der Waals surface area contributed by atoms with Gasteiger partial charge in [-0.25, -0.2) is 4.79 Å². The number of hydrogen-bond donors (Lipinski definition) is 1. The molecule has 1 fully saturated rings. The highest BCUT2D eigenvalue weighted by Crippen LogP contribution is 2.26. The second-order valence-corrected chi connectivity index (χ2v) is 8.96. The van der Waals surface area contributed by atoms with Crippen molar-refractivity contribution in [3.8, 4) is 0 Å². The Bertz CT molecular complexity index is 1630. The molecule has 1 aliphatic rings. The van der Waals surface area contributed by atoms with Crippen LogP contribution in [0, 0.1) is 6.92 Å². The normalized spacial score (nSPS) is 15.8. The lowest BCUT2D eigenvalue weighted by Crippen LogP contribution is -2.37. The van der Waals surface area contributed by atoms with Gasteiger partial charge < -0.3 is 4.98 Å². The number of hydrogen-bond acceptors (Lipinski definition) is 5. The van der Waals surface area contributed by atoms with Crippen LogP contribution >= 0.6 is 0 Å². The van der Waals surface area contributed by atoms with Gasteiger partial charge in [-0.3, -0.25) is 23.2 Å². The van der Waals surface area contributed by atoms with Gasteiger partial charge in [-0.15, -0.1) is 10.2 Å². The Morgan fingerprint density at radius 3 is 2.64 bits per heavy atom. The molecule has 33 heavy (non-hydrogen) atoms. The van der Waals surface area contributed by atoms with E-state index in [0.717, 1.165) is 53.9 Å². The number of rotatable bonds is 3. The van der Waals surface area contributed by atoms with Crippen LogP contribution in [0.15, 0.2) is 52.1 Å². The lowest BCUT2D eigenvalue weighted by molar-refractivity contribution is 0.176. The van der Waals surface area contributed by atoms with E-state index in [0.29, 0.717) is 17.7 Å². The maximum Gasteiger partial charge on any atom is 0.326 e. The molecule has 2 aromatic carbocycles. The van der Waals surface area contributed by atoms with Crippen molar-refractivity contribution in [1.82, 2.24) is 33.6 Å². The Labute approximate surface area is 188 Å². The number of nitrogens with one attached hydrogen (secondary N) is 1. The van der Waals surface area contributed by atoms with Crippen molar-refractivity contribution >= 4 is 27.7 Å². The van der Waals surface area contributed by atoms with Crippen LogP contribution in [-0.2, 0) is 13.6 Å². The van der Waals surface area contributed by atoms with Gasteiger partial charge in [0.2, 0.25) is 5.78 Å². The van der Waals surface area contributed by atoms with Gasteiger partial charge in [0.1, 0.15) is 0 Å². The molecule has 3 aromatic heterocycles. The van der Waals surface area contributed by atoms with Gasteiger partial charge in [-0.05, 0) is 44.0 Å². The number of aromatic amines is 1. The number of benzene rings is 2. The second kappa shape index (κ2) is 7.41. The van der Waals surface area contributed by atoms with Crippen LogP contribution in [0.2, 0.25) is 0 Å². The Morgan fingerprint density at radius 2 is 1.82 bits per heavy atom. The molecule has 0 atom stereocenters. The number of piperidine rings is 1. The molecule has 0 saturated carbocycles. The minimum absolute atomic E-state index is 0.0409. The predicted molar refractivity (Wildman–Crippen MR) is 127 cm³/mol. The molecule has 6 rings (SSSR count). The summed E-state index contributed by atoms with van der Waals surface area (Å²) in [6.07, 6.45) is 1.77. The molecule has 9 nitrogen and oxygen atoms in total. The molecule has 0 amide bonds. The molecule has 0 bridgehead atoms. The van der Waals surface area contributed by atoms with Crippen molar-refractivity contribution < 1.29 is 0 Å². The Morgan fingerprint density at radius 1 is 1.03 bits per heavy atom. The molecular weight excluding hydrogens is 418 g/mol. The topological polar surface area (TPSA) is 93.2 Å². The van der Waals surface area contributed by atoms with Crippen LogP contribution in [0.3, 0.4) is 0 Å². The van der Waals surface area contributed by atoms with E-state index in [9.17, 15) is 9.59 Å². The van der Waals surface area contributed by atoms with E-state index in [1.54, 1.807) is 11.6 Å². The van der Waals surface area contributed by atoms with E-state index in [1.807, 2.05) is 58.4 Å².